The highest BCUT2D eigenvalue weighted by atomic mass is 35.5. The number of para-hydroxylation sites is 1. The van der Waals surface area contributed by atoms with E-state index in [1.165, 1.54) is 6.20 Å². The second kappa shape index (κ2) is 9.73. The molecule has 156 valence electrons. The molecule has 0 aliphatic carbocycles. The largest absolute Gasteiger partial charge is 0.381 e. The Balaban J connectivity index is 1.54. The van der Waals surface area contributed by atoms with Crippen LogP contribution in [0.5, 0.6) is 0 Å². The van der Waals surface area contributed by atoms with Crippen molar-refractivity contribution >= 4 is 29.0 Å². The van der Waals surface area contributed by atoms with E-state index in [0.29, 0.717) is 22.3 Å². The fourth-order valence-electron chi connectivity index (χ4n) is 3.86. The van der Waals surface area contributed by atoms with Crippen LogP contribution < -0.4 is 16.0 Å². The zero-order valence-corrected chi connectivity index (χ0v) is 17.3. The number of nitrogens with one attached hydrogen (secondary N) is 4. The van der Waals surface area contributed by atoms with Gasteiger partial charge in [-0.05, 0) is 56.1 Å². The number of aromatic amines is 1. The van der Waals surface area contributed by atoms with Gasteiger partial charge in [0.25, 0.3) is 5.91 Å². The van der Waals surface area contributed by atoms with Crippen LogP contribution in [0.25, 0.3) is 0 Å². The number of carbonyl (C=O) groups excluding carboxylic acids is 1. The maximum Gasteiger partial charge on any atom is 0.258 e. The molecule has 4 N–H and O–H groups in total. The fraction of sp³-hybridized carbons (Fsp3) is 0.318. The molecular weight excluding hydrogens is 400 g/mol. The van der Waals surface area contributed by atoms with E-state index in [4.69, 9.17) is 11.6 Å². The molecule has 1 aromatic carbocycles. The maximum absolute atomic E-state index is 12.9. The van der Waals surface area contributed by atoms with E-state index in [1.807, 2.05) is 30.5 Å². The van der Waals surface area contributed by atoms with Crippen molar-refractivity contribution in [1.29, 1.82) is 0 Å². The summed E-state index contributed by atoms with van der Waals surface area (Å²) in [5.74, 6) is 0.758. The molecule has 1 atom stereocenters. The smallest absolute Gasteiger partial charge is 0.258 e. The van der Waals surface area contributed by atoms with Crippen LogP contribution in [0.2, 0.25) is 5.02 Å². The van der Waals surface area contributed by atoms with Crippen LogP contribution in [0, 0.1) is 5.92 Å². The molecule has 4 rings (SSSR count). The van der Waals surface area contributed by atoms with Crippen LogP contribution in [0.4, 0.5) is 11.5 Å². The van der Waals surface area contributed by atoms with E-state index < -0.39 is 0 Å². The van der Waals surface area contributed by atoms with Crippen LogP contribution in [-0.2, 0) is 6.42 Å². The third-order valence-electron chi connectivity index (χ3n) is 5.43. The van der Waals surface area contributed by atoms with Crippen LogP contribution in [0.15, 0.2) is 55.1 Å². The molecule has 1 aliphatic rings. The molecular formula is C22H25ClN6O. The fourth-order valence-corrected chi connectivity index (χ4v) is 3.97. The van der Waals surface area contributed by atoms with Gasteiger partial charge in [-0.15, -0.1) is 0 Å². The summed E-state index contributed by atoms with van der Waals surface area (Å²) in [6.45, 7) is 2.02. The zero-order valence-electron chi connectivity index (χ0n) is 16.6. The van der Waals surface area contributed by atoms with Crippen molar-refractivity contribution in [2.45, 2.75) is 25.3 Å². The SMILES string of the molecule is O=C(Nc1ccc(Cl)cn1)c1ccccc1NC(Cc1cnc[nH]1)C1CCNCC1. The lowest BCUT2D eigenvalue weighted by Crippen LogP contribution is -2.39. The van der Waals surface area contributed by atoms with Crippen LogP contribution in [0.3, 0.4) is 0 Å². The van der Waals surface area contributed by atoms with E-state index in [2.05, 4.69) is 30.9 Å². The van der Waals surface area contributed by atoms with Crippen molar-refractivity contribution < 1.29 is 4.79 Å². The highest BCUT2D eigenvalue weighted by molar-refractivity contribution is 6.30. The Morgan fingerprint density at radius 2 is 2.00 bits per heavy atom. The molecule has 0 saturated carbocycles. The van der Waals surface area contributed by atoms with Crippen molar-refractivity contribution in [3.8, 4) is 0 Å². The Morgan fingerprint density at radius 3 is 2.73 bits per heavy atom. The number of amides is 1. The van der Waals surface area contributed by atoms with E-state index in [9.17, 15) is 4.79 Å². The van der Waals surface area contributed by atoms with Gasteiger partial charge in [-0.3, -0.25) is 4.79 Å². The first-order valence-electron chi connectivity index (χ1n) is 10.2. The number of H-pyrrole nitrogens is 1. The molecule has 3 aromatic rings. The topological polar surface area (TPSA) is 94.7 Å². The summed E-state index contributed by atoms with van der Waals surface area (Å²) >= 11 is 5.88. The lowest BCUT2D eigenvalue weighted by atomic mass is 9.87. The number of aromatic nitrogens is 3. The molecule has 2 aromatic heterocycles. The molecule has 0 spiro atoms. The molecule has 1 unspecified atom stereocenters. The normalized spacial score (nSPS) is 15.5. The molecule has 1 aliphatic heterocycles. The van der Waals surface area contributed by atoms with E-state index in [1.54, 1.807) is 18.5 Å². The first-order chi connectivity index (χ1) is 14.7. The summed E-state index contributed by atoms with van der Waals surface area (Å²) in [5, 5.41) is 10.5. The minimum Gasteiger partial charge on any atom is -0.381 e. The van der Waals surface area contributed by atoms with Crippen molar-refractivity contribution in [1.82, 2.24) is 20.3 Å². The summed E-state index contributed by atoms with van der Waals surface area (Å²) in [5.41, 5.74) is 2.48. The summed E-state index contributed by atoms with van der Waals surface area (Å²) in [6.07, 6.45) is 8.08. The summed E-state index contributed by atoms with van der Waals surface area (Å²) in [7, 11) is 0. The monoisotopic (exact) mass is 424 g/mol. The lowest BCUT2D eigenvalue weighted by molar-refractivity contribution is 0.102. The first-order valence-corrected chi connectivity index (χ1v) is 10.5. The van der Waals surface area contributed by atoms with Gasteiger partial charge in [0.2, 0.25) is 0 Å². The number of hydrogen-bond acceptors (Lipinski definition) is 5. The summed E-state index contributed by atoms with van der Waals surface area (Å²) in [6, 6.07) is 11.2. The minimum absolute atomic E-state index is 0.190. The number of carbonyl (C=O) groups is 1. The molecule has 0 radical (unpaired) electrons. The van der Waals surface area contributed by atoms with Crippen LogP contribution in [-0.4, -0.2) is 40.0 Å². The first kappa shape index (κ1) is 20.4. The number of nitrogens with zero attached hydrogens (tertiary/aromatic N) is 2. The van der Waals surface area contributed by atoms with E-state index >= 15 is 0 Å². The molecule has 3 heterocycles. The average molecular weight is 425 g/mol. The number of piperidine rings is 1. The van der Waals surface area contributed by atoms with E-state index in [0.717, 1.165) is 43.7 Å². The highest BCUT2D eigenvalue weighted by Gasteiger charge is 2.25. The van der Waals surface area contributed by atoms with E-state index in [-0.39, 0.29) is 11.9 Å². The summed E-state index contributed by atoms with van der Waals surface area (Å²) in [4.78, 5) is 24.5. The second-order valence-electron chi connectivity index (χ2n) is 7.48. The number of rotatable bonds is 7. The highest BCUT2D eigenvalue weighted by Crippen LogP contribution is 2.25. The van der Waals surface area contributed by atoms with Gasteiger partial charge in [0.15, 0.2) is 0 Å². The predicted molar refractivity (Wildman–Crippen MR) is 119 cm³/mol. The van der Waals surface area contributed by atoms with Crippen molar-refractivity contribution in [2.24, 2.45) is 5.92 Å². The number of anilines is 2. The zero-order chi connectivity index (χ0) is 20.8. The second-order valence-corrected chi connectivity index (χ2v) is 7.92. The number of pyridine rings is 1. The Kier molecular flexibility index (Phi) is 6.61. The molecule has 7 nitrogen and oxygen atoms in total. The number of imidazole rings is 1. The Labute approximate surface area is 180 Å². The Bertz CT molecular complexity index is 954. The lowest BCUT2D eigenvalue weighted by Gasteiger charge is -2.32. The average Bonchev–Trinajstić information content (AvgIpc) is 3.29. The summed E-state index contributed by atoms with van der Waals surface area (Å²) < 4.78 is 0. The Hall–Kier alpha value is -2.90. The molecule has 1 amide bonds. The van der Waals surface area contributed by atoms with Gasteiger partial charge in [0.05, 0.1) is 16.9 Å². The van der Waals surface area contributed by atoms with Gasteiger partial charge < -0.3 is 20.9 Å². The van der Waals surface area contributed by atoms with Gasteiger partial charge in [0, 0.05) is 36.2 Å². The maximum atomic E-state index is 12.9. The van der Waals surface area contributed by atoms with Crippen molar-refractivity contribution in [3.63, 3.8) is 0 Å². The molecule has 1 saturated heterocycles. The number of benzene rings is 1. The van der Waals surface area contributed by atoms with Gasteiger partial charge in [-0.25, -0.2) is 9.97 Å². The predicted octanol–water partition coefficient (Wildman–Crippen LogP) is 3.73. The molecule has 8 heteroatoms. The van der Waals surface area contributed by atoms with Gasteiger partial charge in [-0.1, -0.05) is 23.7 Å². The van der Waals surface area contributed by atoms with Crippen LogP contribution >= 0.6 is 11.6 Å². The molecule has 0 bridgehead atoms. The quantitative estimate of drug-likeness (QED) is 0.463. The minimum atomic E-state index is -0.210. The van der Waals surface area contributed by atoms with Crippen molar-refractivity contribution in [2.75, 3.05) is 23.7 Å². The Morgan fingerprint density at radius 1 is 1.17 bits per heavy atom. The standard InChI is InChI=1S/C22H25ClN6O/c23-16-5-6-21(26-12-16)29-22(30)18-3-1-2-4-19(18)28-20(11-17-13-25-14-27-17)15-7-9-24-10-8-15/h1-6,12-15,20,24,28H,7-11H2,(H,25,27)(H,26,29,30). The molecule has 1 fully saturated rings. The van der Waals surface area contributed by atoms with Gasteiger partial charge >= 0.3 is 0 Å². The number of halogens is 1. The van der Waals surface area contributed by atoms with Gasteiger partial charge in [0.1, 0.15) is 5.82 Å². The van der Waals surface area contributed by atoms with Gasteiger partial charge in [-0.2, -0.15) is 0 Å². The molecule has 30 heavy (non-hydrogen) atoms. The third-order valence-corrected chi connectivity index (χ3v) is 5.65. The third kappa shape index (κ3) is 5.17. The van der Waals surface area contributed by atoms with Crippen LogP contribution in [0.1, 0.15) is 28.9 Å². The van der Waals surface area contributed by atoms with Crippen molar-refractivity contribution in [3.05, 3.63) is 71.4 Å². The number of hydrogen-bond donors (Lipinski definition) is 4.